The van der Waals surface area contributed by atoms with Crippen molar-refractivity contribution in [2.45, 2.75) is 34.7 Å². The van der Waals surface area contributed by atoms with E-state index in [1.54, 1.807) is 20.8 Å². The van der Waals surface area contributed by atoms with Crippen molar-refractivity contribution in [1.82, 2.24) is 14.3 Å². The van der Waals surface area contributed by atoms with Crippen molar-refractivity contribution >= 4 is 31.4 Å². The molecule has 0 bridgehead atoms. The zero-order valence-corrected chi connectivity index (χ0v) is 17.1. The number of nitrogens with zero attached hydrogens (tertiary/aromatic N) is 1. The van der Waals surface area contributed by atoms with E-state index in [9.17, 15) is 16.8 Å². The molecule has 0 unspecified atom stereocenters. The number of sulfonamides is 2. The van der Waals surface area contributed by atoms with Crippen LogP contribution in [0.1, 0.15) is 20.8 Å². The molecule has 0 aliphatic carbocycles. The van der Waals surface area contributed by atoms with Crippen LogP contribution in [0.2, 0.25) is 0 Å². The van der Waals surface area contributed by atoms with E-state index in [1.807, 2.05) is 0 Å². The van der Waals surface area contributed by atoms with Crippen LogP contribution in [0.3, 0.4) is 0 Å². The Balaban J connectivity index is 1.99. The van der Waals surface area contributed by atoms with E-state index in [0.29, 0.717) is 19.8 Å². The number of ether oxygens (including phenoxy) is 1. The van der Waals surface area contributed by atoms with E-state index in [1.165, 1.54) is 12.1 Å². The number of morpholine rings is 1. The number of rotatable bonds is 7. The Morgan fingerprint density at radius 3 is 2.20 bits per heavy atom. The molecular weight excluding hydrogens is 386 g/mol. The SMILES string of the molecule is CC(C)(C)NS(=O)(=O)c1ccc(S(=O)(=O)NCCN2CCOCC2)s1. The first-order valence-corrected chi connectivity index (χ1v) is 11.7. The second-order valence-electron chi connectivity index (χ2n) is 6.78. The smallest absolute Gasteiger partial charge is 0.250 e. The minimum atomic E-state index is -3.74. The molecule has 2 rings (SSSR count). The first-order valence-electron chi connectivity index (χ1n) is 7.93. The van der Waals surface area contributed by atoms with Crippen LogP contribution < -0.4 is 9.44 Å². The fourth-order valence-corrected chi connectivity index (χ4v) is 6.53. The van der Waals surface area contributed by atoms with E-state index in [-0.39, 0.29) is 15.0 Å². The highest BCUT2D eigenvalue weighted by Crippen LogP contribution is 2.26. The van der Waals surface area contributed by atoms with E-state index in [0.717, 1.165) is 24.4 Å². The average molecular weight is 412 g/mol. The van der Waals surface area contributed by atoms with Gasteiger partial charge in [0.05, 0.1) is 13.2 Å². The Morgan fingerprint density at radius 2 is 1.64 bits per heavy atom. The van der Waals surface area contributed by atoms with Crippen LogP contribution in [-0.4, -0.2) is 66.7 Å². The minimum Gasteiger partial charge on any atom is -0.379 e. The van der Waals surface area contributed by atoms with Crippen molar-refractivity contribution in [2.24, 2.45) is 0 Å². The van der Waals surface area contributed by atoms with Crippen LogP contribution in [0.4, 0.5) is 0 Å². The monoisotopic (exact) mass is 411 g/mol. The van der Waals surface area contributed by atoms with Crippen molar-refractivity contribution in [3.63, 3.8) is 0 Å². The number of hydrogen-bond acceptors (Lipinski definition) is 7. The van der Waals surface area contributed by atoms with Crippen LogP contribution in [0.25, 0.3) is 0 Å². The lowest BCUT2D eigenvalue weighted by Gasteiger charge is -2.26. The van der Waals surface area contributed by atoms with Gasteiger partial charge >= 0.3 is 0 Å². The van der Waals surface area contributed by atoms with Crippen LogP contribution in [0.5, 0.6) is 0 Å². The van der Waals surface area contributed by atoms with Gasteiger partial charge in [0.25, 0.3) is 10.0 Å². The van der Waals surface area contributed by atoms with Crippen molar-refractivity contribution in [2.75, 3.05) is 39.4 Å². The first kappa shape index (κ1) is 20.7. The van der Waals surface area contributed by atoms with Gasteiger partial charge in [0.2, 0.25) is 10.0 Å². The lowest BCUT2D eigenvalue weighted by molar-refractivity contribution is 0.0390. The zero-order chi connectivity index (χ0) is 18.7. The number of nitrogens with one attached hydrogen (secondary N) is 2. The molecule has 25 heavy (non-hydrogen) atoms. The van der Waals surface area contributed by atoms with E-state index < -0.39 is 25.6 Å². The predicted octanol–water partition coefficient (Wildman–Crippen LogP) is 0.435. The standard InChI is InChI=1S/C14H25N3O5S3/c1-14(2,3)16-25(20,21)13-5-4-12(23-13)24(18,19)15-6-7-17-8-10-22-11-9-17/h4-5,15-16H,6-11H2,1-3H3. The molecule has 1 fully saturated rings. The average Bonchev–Trinajstić information content (AvgIpc) is 2.97. The summed E-state index contributed by atoms with van der Waals surface area (Å²) in [5.74, 6) is 0. The van der Waals surface area contributed by atoms with Gasteiger partial charge < -0.3 is 4.74 Å². The van der Waals surface area contributed by atoms with Crippen molar-refractivity contribution in [3.8, 4) is 0 Å². The largest absolute Gasteiger partial charge is 0.379 e. The van der Waals surface area contributed by atoms with Gasteiger partial charge in [0, 0.05) is 31.7 Å². The van der Waals surface area contributed by atoms with Gasteiger partial charge in [-0.2, -0.15) is 0 Å². The molecule has 1 aromatic rings. The van der Waals surface area contributed by atoms with Crippen LogP contribution in [0.15, 0.2) is 20.6 Å². The Hall–Kier alpha value is -0.560. The van der Waals surface area contributed by atoms with Gasteiger partial charge in [-0.3, -0.25) is 4.90 Å². The third kappa shape index (κ3) is 6.27. The van der Waals surface area contributed by atoms with Gasteiger partial charge in [-0.15, -0.1) is 11.3 Å². The van der Waals surface area contributed by atoms with E-state index in [4.69, 9.17) is 4.74 Å². The summed E-state index contributed by atoms with van der Waals surface area (Å²) in [5.41, 5.74) is -0.641. The fraction of sp³-hybridized carbons (Fsp3) is 0.714. The summed E-state index contributed by atoms with van der Waals surface area (Å²) < 4.78 is 59.5. The summed E-state index contributed by atoms with van der Waals surface area (Å²) in [6.07, 6.45) is 0. The molecular formula is C14H25N3O5S3. The third-order valence-electron chi connectivity index (χ3n) is 3.35. The second kappa shape index (κ2) is 7.99. The van der Waals surface area contributed by atoms with Gasteiger partial charge in [-0.05, 0) is 32.9 Å². The Morgan fingerprint density at radius 1 is 1.08 bits per heavy atom. The molecule has 1 saturated heterocycles. The summed E-state index contributed by atoms with van der Waals surface area (Å²) in [4.78, 5) is 2.11. The lowest BCUT2D eigenvalue weighted by Crippen LogP contribution is -2.41. The van der Waals surface area contributed by atoms with Crippen molar-refractivity contribution in [1.29, 1.82) is 0 Å². The van der Waals surface area contributed by atoms with Gasteiger partial charge in [0.1, 0.15) is 8.42 Å². The molecule has 1 aliphatic heterocycles. The minimum absolute atomic E-state index is 0.0104. The third-order valence-corrected chi connectivity index (χ3v) is 8.64. The maximum absolute atomic E-state index is 12.3. The maximum Gasteiger partial charge on any atom is 0.250 e. The highest BCUT2D eigenvalue weighted by molar-refractivity contribution is 7.94. The zero-order valence-electron chi connectivity index (χ0n) is 14.6. The fourth-order valence-electron chi connectivity index (χ4n) is 2.28. The van der Waals surface area contributed by atoms with E-state index >= 15 is 0 Å². The molecule has 1 aromatic heterocycles. The molecule has 0 atom stereocenters. The molecule has 144 valence electrons. The van der Waals surface area contributed by atoms with Crippen LogP contribution in [0, 0.1) is 0 Å². The summed E-state index contributed by atoms with van der Waals surface area (Å²) in [6, 6.07) is 2.63. The van der Waals surface area contributed by atoms with Crippen molar-refractivity contribution < 1.29 is 21.6 Å². The molecule has 8 nitrogen and oxygen atoms in total. The Kier molecular flexibility index (Phi) is 6.63. The summed E-state index contributed by atoms with van der Waals surface area (Å²) in [5, 5.41) is 0. The molecule has 1 aliphatic rings. The molecule has 2 N–H and O–H groups in total. The maximum atomic E-state index is 12.3. The van der Waals surface area contributed by atoms with E-state index in [2.05, 4.69) is 14.3 Å². The molecule has 11 heteroatoms. The quantitative estimate of drug-likeness (QED) is 0.674. The topological polar surface area (TPSA) is 105 Å². The molecule has 2 heterocycles. The molecule has 0 radical (unpaired) electrons. The van der Waals surface area contributed by atoms with Gasteiger partial charge in [0.15, 0.2) is 0 Å². The molecule has 0 amide bonds. The number of thiophene rings is 1. The molecule has 0 saturated carbocycles. The second-order valence-corrected chi connectivity index (χ2v) is 11.8. The predicted molar refractivity (Wildman–Crippen MR) is 96.8 cm³/mol. The summed E-state index contributed by atoms with van der Waals surface area (Å²) in [7, 11) is -7.47. The highest BCUT2D eigenvalue weighted by atomic mass is 32.3. The lowest BCUT2D eigenvalue weighted by atomic mass is 10.1. The van der Waals surface area contributed by atoms with Gasteiger partial charge in [-0.1, -0.05) is 0 Å². The number of hydrogen-bond donors (Lipinski definition) is 2. The van der Waals surface area contributed by atoms with Crippen LogP contribution in [-0.2, 0) is 24.8 Å². The summed E-state index contributed by atoms with van der Waals surface area (Å²) in [6.45, 7) is 8.89. The van der Waals surface area contributed by atoms with Crippen molar-refractivity contribution in [3.05, 3.63) is 12.1 Å². The highest BCUT2D eigenvalue weighted by Gasteiger charge is 2.26. The summed E-state index contributed by atoms with van der Waals surface area (Å²) >= 11 is 0.739. The van der Waals surface area contributed by atoms with Gasteiger partial charge in [-0.25, -0.2) is 26.3 Å². The Bertz CT molecular complexity index is 775. The Labute approximate surface area is 153 Å². The molecule has 0 aromatic carbocycles. The first-order chi connectivity index (χ1) is 11.5. The normalized spacial score (nSPS) is 17.7. The van der Waals surface area contributed by atoms with Crippen LogP contribution >= 0.6 is 11.3 Å². The molecule has 0 spiro atoms.